The number of tetrazole rings is 1. The second kappa shape index (κ2) is 8.09. The van der Waals surface area contributed by atoms with Crippen molar-refractivity contribution in [1.29, 1.82) is 0 Å². The zero-order chi connectivity index (χ0) is 18.5. The van der Waals surface area contributed by atoms with E-state index in [-0.39, 0.29) is 0 Å². The van der Waals surface area contributed by atoms with Gasteiger partial charge in [0.15, 0.2) is 5.82 Å². The van der Waals surface area contributed by atoms with Crippen LogP contribution in [0.5, 0.6) is 0 Å². The molecule has 0 spiro atoms. The summed E-state index contributed by atoms with van der Waals surface area (Å²) >= 11 is 0. The van der Waals surface area contributed by atoms with Crippen LogP contribution in [0.1, 0.15) is 37.1 Å². The van der Waals surface area contributed by atoms with Crippen LogP contribution in [0.25, 0.3) is 23.4 Å². The molecule has 0 atom stereocenters. The molecule has 1 aliphatic rings. The maximum atomic E-state index is 6.00. The van der Waals surface area contributed by atoms with Gasteiger partial charge in [-0.05, 0) is 60.7 Å². The van der Waals surface area contributed by atoms with Crippen LogP contribution >= 0.6 is 0 Å². The highest BCUT2D eigenvalue weighted by Crippen LogP contribution is 2.24. The third-order valence-corrected chi connectivity index (χ3v) is 4.84. The number of rotatable bonds is 5. The number of aromatic nitrogens is 5. The Morgan fingerprint density at radius 1 is 1.04 bits per heavy atom. The van der Waals surface area contributed by atoms with Crippen LogP contribution in [0.2, 0.25) is 0 Å². The van der Waals surface area contributed by atoms with E-state index in [9.17, 15) is 0 Å². The van der Waals surface area contributed by atoms with Crippen LogP contribution in [0.3, 0.4) is 0 Å². The topological polar surface area (TPSA) is 105 Å². The molecule has 0 unspecified atom stereocenters. The van der Waals surface area contributed by atoms with E-state index in [1.54, 1.807) is 0 Å². The molecule has 2 heterocycles. The second-order valence-electron chi connectivity index (χ2n) is 6.89. The first-order valence-electron chi connectivity index (χ1n) is 9.27. The maximum Gasteiger partial charge on any atom is 0.197 e. The summed E-state index contributed by atoms with van der Waals surface area (Å²) in [5.41, 5.74) is 9.07. The summed E-state index contributed by atoms with van der Waals surface area (Å²) in [7, 11) is 0. The molecular weight excluding hydrogens is 338 g/mol. The minimum atomic E-state index is 0.352. The summed E-state index contributed by atoms with van der Waals surface area (Å²) in [4.78, 5) is 4.80. The first kappa shape index (κ1) is 17.4. The van der Waals surface area contributed by atoms with E-state index in [1.807, 2.05) is 42.5 Å². The van der Waals surface area contributed by atoms with Crippen LogP contribution in [0.15, 0.2) is 42.5 Å². The van der Waals surface area contributed by atoms with Crippen molar-refractivity contribution in [3.63, 3.8) is 0 Å². The highest BCUT2D eigenvalue weighted by Gasteiger charge is 2.18. The second-order valence-corrected chi connectivity index (χ2v) is 6.89. The number of anilines is 1. The number of hydrogen-bond donors (Lipinski definition) is 3. The minimum absolute atomic E-state index is 0.352. The molecule has 4 rings (SSSR count). The predicted octanol–water partition coefficient (Wildman–Crippen LogP) is 3.11. The smallest absolute Gasteiger partial charge is 0.197 e. The van der Waals surface area contributed by atoms with Crippen LogP contribution < -0.4 is 11.1 Å². The summed E-state index contributed by atoms with van der Waals surface area (Å²) in [5, 5.41) is 17.4. The third kappa shape index (κ3) is 4.57. The van der Waals surface area contributed by atoms with Crippen molar-refractivity contribution >= 4 is 18.0 Å². The van der Waals surface area contributed by atoms with Crippen molar-refractivity contribution < 1.29 is 0 Å². The number of H-pyrrole nitrogens is 1. The Bertz CT molecular complexity index is 896. The number of nitrogens with zero attached hydrogens (tertiary/aromatic N) is 4. The molecule has 2 aromatic heterocycles. The number of hydrogen-bond acceptors (Lipinski definition) is 6. The predicted molar refractivity (Wildman–Crippen MR) is 107 cm³/mol. The molecule has 1 fully saturated rings. The van der Waals surface area contributed by atoms with Gasteiger partial charge in [-0.1, -0.05) is 30.3 Å². The standard InChI is InChI=1S/C20H23N7/c21-16-8-10-17(11-9-16)22-19-6-2-5-18(23-19)15-4-1-3-14(13-15)7-12-20-24-26-27-25-20/h1-7,12-13,16-17H,8-11,21H2,(H,22,23)(H,24,25,26,27)/b12-7+. The fourth-order valence-electron chi connectivity index (χ4n) is 3.36. The van der Waals surface area contributed by atoms with Gasteiger partial charge in [-0.3, -0.25) is 0 Å². The first-order chi connectivity index (χ1) is 13.3. The van der Waals surface area contributed by atoms with E-state index in [4.69, 9.17) is 10.7 Å². The van der Waals surface area contributed by atoms with Gasteiger partial charge in [-0.15, -0.1) is 10.2 Å². The molecule has 1 aromatic carbocycles. The number of nitrogens with one attached hydrogen (secondary N) is 2. The fourth-order valence-corrected chi connectivity index (χ4v) is 3.36. The molecule has 1 saturated carbocycles. The van der Waals surface area contributed by atoms with Crippen molar-refractivity contribution in [2.24, 2.45) is 5.73 Å². The van der Waals surface area contributed by atoms with Crippen LogP contribution in [-0.4, -0.2) is 37.7 Å². The third-order valence-electron chi connectivity index (χ3n) is 4.84. The zero-order valence-electron chi connectivity index (χ0n) is 15.0. The average molecular weight is 361 g/mol. The summed E-state index contributed by atoms with van der Waals surface area (Å²) < 4.78 is 0. The monoisotopic (exact) mass is 361 g/mol. The van der Waals surface area contributed by atoms with Crippen molar-refractivity contribution in [1.82, 2.24) is 25.6 Å². The van der Waals surface area contributed by atoms with E-state index >= 15 is 0 Å². The molecule has 0 aliphatic heterocycles. The highest BCUT2D eigenvalue weighted by molar-refractivity contribution is 5.71. The number of benzene rings is 1. The number of nitrogens with two attached hydrogens (primary N) is 1. The van der Waals surface area contributed by atoms with Crippen LogP contribution in [-0.2, 0) is 0 Å². The van der Waals surface area contributed by atoms with E-state index in [2.05, 4.69) is 38.1 Å². The summed E-state index contributed by atoms with van der Waals surface area (Å²) in [6.07, 6.45) is 8.13. The molecule has 138 valence electrons. The molecule has 3 aromatic rings. The Labute approximate surface area is 158 Å². The Morgan fingerprint density at radius 3 is 2.70 bits per heavy atom. The molecular formula is C20H23N7. The van der Waals surface area contributed by atoms with E-state index in [0.29, 0.717) is 17.9 Å². The summed E-state index contributed by atoms with van der Waals surface area (Å²) in [5.74, 6) is 1.47. The first-order valence-corrected chi connectivity index (χ1v) is 9.27. The van der Waals surface area contributed by atoms with Crippen molar-refractivity contribution in [2.75, 3.05) is 5.32 Å². The van der Waals surface area contributed by atoms with Crippen molar-refractivity contribution in [3.8, 4) is 11.3 Å². The molecule has 1 aliphatic carbocycles. The Morgan fingerprint density at radius 2 is 1.89 bits per heavy atom. The molecule has 0 bridgehead atoms. The molecule has 27 heavy (non-hydrogen) atoms. The van der Waals surface area contributed by atoms with E-state index < -0.39 is 0 Å². The van der Waals surface area contributed by atoms with Gasteiger partial charge in [-0.25, -0.2) is 4.98 Å². The molecule has 0 saturated heterocycles. The van der Waals surface area contributed by atoms with Gasteiger partial charge < -0.3 is 11.1 Å². The summed E-state index contributed by atoms with van der Waals surface area (Å²) in [6.45, 7) is 0. The lowest BCUT2D eigenvalue weighted by atomic mass is 9.92. The fraction of sp³-hybridized carbons (Fsp3) is 0.300. The molecule has 4 N–H and O–H groups in total. The number of aromatic amines is 1. The summed E-state index contributed by atoms with van der Waals surface area (Å²) in [6, 6.07) is 15.1. The average Bonchev–Trinajstić information content (AvgIpc) is 3.22. The largest absolute Gasteiger partial charge is 0.367 e. The van der Waals surface area contributed by atoms with Crippen molar-refractivity contribution in [2.45, 2.75) is 37.8 Å². The SMILES string of the molecule is NC1CCC(Nc2cccc(-c3cccc(/C=C/c4nn[nH]n4)c3)n2)CC1. The van der Waals surface area contributed by atoms with Gasteiger partial charge in [0.2, 0.25) is 0 Å². The normalized spacial score (nSPS) is 20.0. The van der Waals surface area contributed by atoms with Crippen molar-refractivity contribution in [3.05, 3.63) is 53.9 Å². The molecule has 0 radical (unpaired) electrons. The lowest BCUT2D eigenvalue weighted by molar-refractivity contribution is 0.410. The van der Waals surface area contributed by atoms with Gasteiger partial charge in [0.25, 0.3) is 0 Å². The van der Waals surface area contributed by atoms with Crippen LogP contribution in [0.4, 0.5) is 5.82 Å². The van der Waals surface area contributed by atoms with Gasteiger partial charge in [0.1, 0.15) is 5.82 Å². The highest BCUT2D eigenvalue weighted by atomic mass is 15.5. The Balaban J connectivity index is 1.49. The van der Waals surface area contributed by atoms with Crippen LogP contribution in [0, 0.1) is 0 Å². The zero-order valence-corrected chi connectivity index (χ0v) is 15.0. The lowest BCUT2D eigenvalue weighted by Crippen LogP contribution is -2.33. The quantitative estimate of drug-likeness (QED) is 0.645. The minimum Gasteiger partial charge on any atom is -0.367 e. The molecule has 7 nitrogen and oxygen atoms in total. The lowest BCUT2D eigenvalue weighted by Gasteiger charge is -2.27. The van der Waals surface area contributed by atoms with Gasteiger partial charge in [0.05, 0.1) is 5.69 Å². The van der Waals surface area contributed by atoms with Gasteiger partial charge in [-0.2, -0.15) is 5.21 Å². The Kier molecular flexibility index (Phi) is 5.20. The molecule has 7 heteroatoms. The molecule has 0 amide bonds. The van der Waals surface area contributed by atoms with E-state index in [1.165, 1.54) is 0 Å². The maximum absolute atomic E-state index is 6.00. The van der Waals surface area contributed by atoms with Gasteiger partial charge >= 0.3 is 0 Å². The number of pyridine rings is 1. The van der Waals surface area contributed by atoms with Gasteiger partial charge in [0, 0.05) is 17.6 Å². The van der Waals surface area contributed by atoms with E-state index in [0.717, 1.165) is 48.3 Å². The Hall–Kier alpha value is -3.06.